The Balaban J connectivity index is 1.44. The lowest BCUT2D eigenvalue weighted by Gasteiger charge is -2.42. The van der Waals surface area contributed by atoms with E-state index in [-0.39, 0.29) is 11.7 Å². The number of para-hydroxylation sites is 1. The maximum absolute atomic E-state index is 12.6. The molecule has 0 radical (unpaired) electrons. The number of hydrogen-bond acceptors (Lipinski definition) is 5. The Kier molecular flexibility index (Phi) is 3.31. The first-order valence-electron chi connectivity index (χ1n) is 9.85. The highest BCUT2D eigenvalue weighted by atomic mass is 16.7. The quantitative estimate of drug-likeness (QED) is 0.605. The zero-order valence-electron chi connectivity index (χ0n) is 16.9. The largest absolute Gasteiger partial charge is 0.498 e. The second kappa shape index (κ2) is 5.09. The summed E-state index contributed by atoms with van der Waals surface area (Å²) in [5.41, 5.74) is 0.825. The van der Waals surface area contributed by atoms with Gasteiger partial charge < -0.3 is 18.8 Å². The summed E-state index contributed by atoms with van der Waals surface area (Å²) in [6.45, 7) is 10.1. The van der Waals surface area contributed by atoms with Crippen LogP contribution in [0.5, 0.6) is 5.75 Å². The van der Waals surface area contributed by atoms with Gasteiger partial charge in [0.05, 0.1) is 18.8 Å². The lowest BCUT2D eigenvalue weighted by Crippen LogP contribution is -2.49. The molecular formula is C21H27BO5. The number of carbonyl (C=O) groups is 1. The topological polar surface area (TPSA) is 54.0 Å². The molecule has 0 aromatic heterocycles. The minimum atomic E-state index is -0.569. The number of benzene rings is 1. The molecule has 1 aromatic rings. The maximum Gasteiger partial charge on any atom is 0.498 e. The predicted molar refractivity (Wildman–Crippen MR) is 101 cm³/mol. The van der Waals surface area contributed by atoms with E-state index in [1.54, 1.807) is 13.2 Å². The van der Waals surface area contributed by atoms with Crippen LogP contribution in [0.3, 0.4) is 0 Å². The van der Waals surface area contributed by atoms with Gasteiger partial charge in [-0.15, -0.1) is 0 Å². The van der Waals surface area contributed by atoms with E-state index in [2.05, 4.69) is 13.8 Å². The van der Waals surface area contributed by atoms with E-state index in [1.165, 1.54) is 0 Å². The minimum Gasteiger partial charge on any atom is -0.496 e. The van der Waals surface area contributed by atoms with Crippen LogP contribution in [-0.2, 0) is 14.0 Å². The molecule has 1 saturated heterocycles. The monoisotopic (exact) mass is 370 g/mol. The Hall–Kier alpha value is -1.53. The molecule has 1 aliphatic heterocycles. The number of carbonyl (C=O) groups excluding carboxylic acids is 1. The van der Waals surface area contributed by atoms with Crippen LogP contribution in [0.2, 0.25) is 0 Å². The van der Waals surface area contributed by atoms with Gasteiger partial charge in [-0.2, -0.15) is 0 Å². The van der Waals surface area contributed by atoms with Crippen molar-refractivity contribution in [3.63, 3.8) is 0 Å². The van der Waals surface area contributed by atoms with Gasteiger partial charge in [0.15, 0.2) is 0 Å². The second-order valence-corrected chi connectivity index (χ2v) is 9.90. The zero-order chi connectivity index (χ0) is 19.4. The molecule has 4 aliphatic carbocycles. The molecule has 0 N–H and O–H groups in total. The lowest BCUT2D eigenvalue weighted by molar-refractivity contribution is -0.0475. The molecule has 5 aliphatic rings. The summed E-state index contributed by atoms with van der Waals surface area (Å²) < 4.78 is 24.0. The van der Waals surface area contributed by atoms with E-state index in [1.807, 2.05) is 32.9 Å². The summed E-state index contributed by atoms with van der Waals surface area (Å²) >= 11 is 0. The maximum atomic E-state index is 12.6. The van der Waals surface area contributed by atoms with E-state index in [0.717, 1.165) is 23.7 Å². The number of esters is 1. The molecule has 1 heterocycles. The van der Waals surface area contributed by atoms with E-state index < -0.39 is 18.7 Å². The molecule has 27 heavy (non-hydrogen) atoms. The van der Waals surface area contributed by atoms with Gasteiger partial charge in [0.2, 0.25) is 0 Å². The standard InChI is InChI=1S/C21H27BO5/c1-19(2,3)25-18(23)11-8-7-9-13(16(11)24-6)22-26-14-10-12-15-17(20(12,15)4)21(14,5)27-22/h7-9,12,14-15,17H,10H2,1-6H3/t12-,14?,15?,17+,20?,21-/m1/s1. The van der Waals surface area contributed by atoms with Crippen molar-refractivity contribution in [3.8, 4) is 5.75 Å². The second-order valence-electron chi connectivity index (χ2n) is 9.90. The molecule has 5 nitrogen and oxygen atoms in total. The molecule has 6 rings (SSSR count). The van der Waals surface area contributed by atoms with Gasteiger partial charge in [-0.05, 0) is 63.4 Å². The minimum absolute atomic E-state index is 0.110. The van der Waals surface area contributed by atoms with Crippen LogP contribution in [0, 0.1) is 23.2 Å². The van der Waals surface area contributed by atoms with Gasteiger partial charge in [-0.3, -0.25) is 0 Å². The first kappa shape index (κ1) is 17.6. The molecule has 4 saturated carbocycles. The van der Waals surface area contributed by atoms with Crippen LogP contribution in [0.25, 0.3) is 0 Å². The third kappa shape index (κ3) is 2.23. The van der Waals surface area contributed by atoms with Crippen molar-refractivity contribution in [1.29, 1.82) is 0 Å². The van der Waals surface area contributed by atoms with Crippen molar-refractivity contribution < 1.29 is 23.6 Å². The molecule has 1 aromatic carbocycles. The Morgan fingerprint density at radius 1 is 1.30 bits per heavy atom. The van der Waals surface area contributed by atoms with Crippen molar-refractivity contribution in [3.05, 3.63) is 23.8 Å². The first-order chi connectivity index (χ1) is 12.6. The van der Waals surface area contributed by atoms with Crippen LogP contribution in [0.4, 0.5) is 0 Å². The fourth-order valence-corrected chi connectivity index (χ4v) is 5.96. The summed E-state index contributed by atoms with van der Waals surface area (Å²) in [6, 6.07) is 5.47. The summed E-state index contributed by atoms with van der Waals surface area (Å²) in [4.78, 5) is 12.6. The molecule has 6 atom stereocenters. The normalized spacial score (nSPS) is 40.9. The van der Waals surface area contributed by atoms with Gasteiger partial charge in [-0.1, -0.05) is 19.1 Å². The van der Waals surface area contributed by atoms with Crippen LogP contribution in [0.1, 0.15) is 51.4 Å². The predicted octanol–water partition coefficient (Wildman–Crippen LogP) is 2.81. The Morgan fingerprint density at radius 2 is 2.00 bits per heavy atom. The molecule has 6 heteroatoms. The van der Waals surface area contributed by atoms with Crippen LogP contribution in [0.15, 0.2) is 18.2 Å². The fourth-order valence-electron chi connectivity index (χ4n) is 5.96. The zero-order valence-corrected chi connectivity index (χ0v) is 16.9. The van der Waals surface area contributed by atoms with Crippen molar-refractivity contribution in [2.75, 3.05) is 7.11 Å². The van der Waals surface area contributed by atoms with E-state index in [0.29, 0.717) is 22.6 Å². The number of ether oxygens (including phenoxy) is 2. The summed E-state index contributed by atoms with van der Waals surface area (Å²) in [7, 11) is 1.05. The van der Waals surface area contributed by atoms with Crippen molar-refractivity contribution in [1.82, 2.24) is 0 Å². The Labute approximate surface area is 160 Å². The molecule has 144 valence electrons. The highest BCUT2D eigenvalue weighted by Crippen LogP contribution is 2.91. The van der Waals surface area contributed by atoms with Gasteiger partial charge >= 0.3 is 13.1 Å². The van der Waals surface area contributed by atoms with E-state index in [9.17, 15) is 4.79 Å². The van der Waals surface area contributed by atoms with Gasteiger partial charge in [0.25, 0.3) is 0 Å². The third-order valence-corrected chi connectivity index (χ3v) is 7.26. The number of rotatable bonds is 3. The summed E-state index contributed by atoms with van der Waals surface area (Å²) in [6.07, 6.45) is 1.18. The van der Waals surface area contributed by atoms with E-state index in [4.69, 9.17) is 18.8 Å². The molecule has 0 amide bonds. The van der Waals surface area contributed by atoms with Gasteiger partial charge in [0.1, 0.15) is 16.9 Å². The van der Waals surface area contributed by atoms with Crippen molar-refractivity contribution in [2.24, 2.45) is 23.2 Å². The Morgan fingerprint density at radius 3 is 2.63 bits per heavy atom. The third-order valence-electron chi connectivity index (χ3n) is 7.26. The number of hydrogen-bond donors (Lipinski definition) is 0. The summed E-state index contributed by atoms with van der Waals surface area (Å²) in [5.74, 6) is 2.29. The van der Waals surface area contributed by atoms with Gasteiger partial charge in [0, 0.05) is 5.46 Å². The van der Waals surface area contributed by atoms with E-state index >= 15 is 0 Å². The molecule has 2 bridgehead atoms. The fraction of sp³-hybridized carbons (Fsp3) is 0.667. The first-order valence-corrected chi connectivity index (χ1v) is 9.85. The average Bonchev–Trinajstić information content (AvgIpc) is 3.33. The highest BCUT2D eigenvalue weighted by Gasteiger charge is 2.91. The average molecular weight is 370 g/mol. The smallest absolute Gasteiger partial charge is 0.496 e. The van der Waals surface area contributed by atoms with Crippen molar-refractivity contribution >= 4 is 18.6 Å². The lowest BCUT2D eigenvalue weighted by atomic mass is 9.71. The van der Waals surface area contributed by atoms with Crippen LogP contribution in [-0.4, -0.2) is 37.5 Å². The van der Waals surface area contributed by atoms with Crippen LogP contribution < -0.4 is 10.2 Å². The molecule has 0 spiro atoms. The Bertz CT molecular complexity index is 832. The molecule has 5 fully saturated rings. The molecular weight excluding hydrogens is 343 g/mol. The van der Waals surface area contributed by atoms with Crippen LogP contribution >= 0.6 is 0 Å². The van der Waals surface area contributed by atoms with Crippen molar-refractivity contribution in [2.45, 2.75) is 58.3 Å². The number of methoxy groups -OCH3 is 1. The SMILES string of the molecule is COc1c(B2OC3C[C@@H]4C5[C@@H](C54C)[C@]3(C)O2)cccc1C(=O)OC(C)(C)C. The van der Waals surface area contributed by atoms with Gasteiger partial charge in [-0.25, -0.2) is 4.79 Å². The highest BCUT2D eigenvalue weighted by molar-refractivity contribution is 6.63. The summed E-state index contributed by atoms with van der Waals surface area (Å²) in [5, 5.41) is 0. The molecule has 3 unspecified atom stereocenters.